The molecule has 0 fully saturated rings. The molecule has 0 bridgehead atoms. The fourth-order valence-electron chi connectivity index (χ4n) is 2.15. The summed E-state index contributed by atoms with van der Waals surface area (Å²) in [5.74, 6) is -0.213. The van der Waals surface area contributed by atoms with Crippen LogP contribution in [0.1, 0.15) is 22.8 Å². The molecule has 7 heteroatoms. The number of nitro benzene ring substituents is 1. The Balaban J connectivity index is 2.00. The van der Waals surface area contributed by atoms with Crippen molar-refractivity contribution in [2.75, 3.05) is 13.2 Å². The molecule has 0 aliphatic rings. The molecule has 126 valence electrons. The van der Waals surface area contributed by atoms with E-state index in [4.69, 9.17) is 16.3 Å². The number of carbonyl (C=O) groups excluding carboxylic acids is 1. The van der Waals surface area contributed by atoms with Gasteiger partial charge in [-0.25, -0.2) is 0 Å². The maximum Gasteiger partial charge on any atom is 0.311 e. The summed E-state index contributed by atoms with van der Waals surface area (Å²) in [6.07, 6.45) is 0.641. The van der Waals surface area contributed by atoms with Gasteiger partial charge >= 0.3 is 5.69 Å². The molecule has 0 heterocycles. The highest BCUT2D eigenvalue weighted by Gasteiger charge is 2.18. The van der Waals surface area contributed by atoms with Gasteiger partial charge in [0.1, 0.15) is 0 Å². The second-order valence-electron chi connectivity index (χ2n) is 5.00. The molecular weight excluding hydrogens is 332 g/mol. The van der Waals surface area contributed by atoms with Crippen LogP contribution in [0.5, 0.6) is 5.75 Å². The SMILES string of the molecule is CCOc1ccc(C(=O)NCCc2ccc(Cl)cc2)cc1[N+](=O)[O-]. The molecule has 6 nitrogen and oxygen atoms in total. The Morgan fingerprint density at radius 3 is 2.58 bits per heavy atom. The molecule has 0 saturated carbocycles. The smallest absolute Gasteiger partial charge is 0.311 e. The summed E-state index contributed by atoms with van der Waals surface area (Å²) in [6, 6.07) is 11.5. The number of ether oxygens (including phenoxy) is 1. The van der Waals surface area contributed by atoms with E-state index in [1.807, 2.05) is 12.1 Å². The molecular formula is C17H17ClN2O4. The second-order valence-corrected chi connectivity index (χ2v) is 5.44. The van der Waals surface area contributed by atoms with Crippen LogP contribution in [0.2, 0.25) is 5.02 Å². The summed E-state index contributed by atoms with van der Waals surface area (Å²) >= 11 is 5.82. The minimum Gasteiger partial charge on any atom is -0.487 e. The molecule has 0 saturated heterocycles. The van der Waals surface area contributed by atoms with Gasteiger partial charge in [-0.15, -0.1) is 0 Å². The third-order valence-electron chi connectivity index (χ3n) is 3.33. The van der Waals surface area contributed by atoms with Gasteiger partial charge in [-0.3, -0.25) is 14.9 Å². The van der Waals surface area contributed by atoms with Crippen LogP contribution in [-0.4, -0.2) is 24.0 Å². The minimum atomic E-state index is -0.560. The van der Waals surface area contributed by atoms with E-state index >= 15 is 0 Å². The first-order valence-electron chi connectivity index (χ1n) is 7.45. The Hall–Kier alpha value is -2.60. The third kappa shape index (κ3) is 4.70. The number of hydrogen-bond acceptors (Lipinski definition) is 4. The fourth-order valence-corrected chi connectivity index (χ4v) is 2.28. The molecule has 1 N–H and O–H groups in total. The van der Waals surface area contributed by atoms with E-state index in [2.05, 4.69) is 5.32 Å². The Morgan fingerprint density at radius 2 is 1.96 bits per heavy atom. The van der Waals surface area contributed by atoms with Gasteiger partial charge in [-0.1, -0.05) is 23.7 Å². The summed E-state index contributed by atoms with van der Waals surface area (Å²) in [5.41, 5.74) is 1.04. The van der Waals surface area contributed by atoms with Gasteiger partial charge in [0.05, 0.1) is 11.5 Å². The lowest BCUT2D eigenvalue weighted by atomic mass is 10.1. The molecule has 0 unspecified atom stereocenters. The molecule has 0 aliphatic carbocycles. The van der Waals surface area contributed by atoms with Gasteiger partial charge in [0.15, 0.2) is 5.75 Å². The highest BCUT2D eigenvalue weighted by Crippen LogP contribution is 2.27. The topological polar surface area (TPSA) is 81.5 Å². The molecule has 2 rings (SSSR count). The monoisotopic (exact) mass is 348 g/mol. The summed E-state index contributed by atoms with van der Waals surface area (Å²) in [7, 11) is 0. The number of amides is 1. The highest BCUT2D eigenvalue weighted by atomic mass is 35.5. The van der Waals surface area contributed by atoms with E-state index in [1.54, 1.807) is 19.1 Å². The average molecular weight is 349 g/mol. The van der Waals surface area contributed by atoms with Gasteiger partial charge in [0, 0.05) is 23.2 Å². The normalized spacial score (nSPS) is 10.2. The first-order valence-corrected chi connectivity index (χ1v) is 7.83. The molecule has 0 spiro atoms. The van der Waals surface area contributed by atoms with Crippen LogP contribution >= 0.6 is 11.6 Å². The third-order valence-corrected chi connectivity index (χ3v) is 3.58. The number of nitrogens with one attached hydrogen (secondary N) is 1. The Labute approximate surface area is 144 Å². The number of halogens is 1. The zero-order valence-corrected chi connectivity index (χ0v) is 13.9. The molecule has 0 atom stereocenters. The van der Waals surface area contributed by atoms with Crippen molar-refractivity contribution in [2.24, 2.45) is 0 Å². The predicted octanol–water partition coefficient (Wildman–Crippen LogP) is 3.62. The molecule has 0 aliphatic heterocycles. The summed E-state index contributed by atoms with van der Waals surface area (Å²) < 4.78 is 5.20. The van der Waals surface area contributed by atoms with Crippen molar-refractivity contribution in [3.63, 3.8) is 0 Å². The van der Waals surface area contributed by atoms with Crippen LogP contribution < -0.4 is 10.1 Å². The molecule has 2 aromatic carbocycles. The molecule has 2 aromatic rings. The standard InChI is InChI=1S/C17H17ClN2O4/c1-2-24-16-8-5-13(11-15(16)20(22)23)17(21)19-10-9-12-3-6-14(18)7-4-12/h3-8,11H,2,9-10H2,1H3,(H,19,21). The average Bonchev–Trinajstić information content (AvgIpc) is 2.57. The number of benzene rings is 2. The zero-order valence-electron chi connectivity index (χ0n) is 13.1. The fraction of sp³-hybridized carbons (Fsp3) is 0.235. The van der Waals surface area contributed by atoms with E-state index in [1.165, 1.54) is 18.2 Å². The lowest BCUT2D eigenvalue weighted by Gasteiger charge is -2.08. The first-order chi connectivity index (χ1) is 11.5. The van der Waals surface area contributed by atoms with Crippen molar-refractivity contribution < 1.29 is 14.5 Å². The molecule has 0 radical (unpaired) electrons. The minimum absolute atomic E-state index is 0.153. The van der Waals surface area contributed by atoms with E-state index < -0.39 is 4.92 Å². The van der Waals surface area contributed by atoms with Crippen molar-refractivity contribution in [2.45, 2.75) is 13.3 Å². The summed E-state index contributed by atoms with van der Waals surface area (Å²) in [4.78, 5) is 22.7. The number of nitrogens with zero attached hydrogens (tertiary/aromatic N) is 1. The van der Waals surface area contributed by atoms with Crippen molar-refractivity contribution in [3.05, 3.63) is 68.7 Å². The second kappa shape index (κ2) is 8.31. The lowest BCUT2D eigenvalue weighted by Crippen LogP contribution is -2.25. The maximum atomic E-state index is 12.1. The van der Waals surface area contributed by atoms with Gasteiger partial charge < -0.3 is 10.1 Å². The molecule has 0 aromatic heterocycles. The van der Waals surface area contributed by atoms with Crippen molar-refractivity contribution >= 4 is 23.2 Å². The zero-order chi connectivity index (χ0) is 17.5. The number of nitro groups is 1. The Kier molecular flexibility index (Phi) is 6.14. The Morgan fingerprint density at radius 1 is 1.25 bits per heavy atom. The van der Waals surface area contributed by atoms with Crippen molar-refractivity contribution in [1.82, 2.24) is 5.32 Å². The van der Waals surface area contributed by atoms with E-state index in [0.717, 1.165) is 5.56 Å². The maximum absolute atomic E-state index is 12.1. The van der Waals surface area contributed by atoms with Crippen molar-refractivity contribution in [3.8, 4) is 5.75 Å². The largest absolute Gasteiger partial charge is 0.487 e. The van der Waals surface area contributed by atoms with Crippen LogP contribution in [0.3, 0.4) is 0 Å². The number of carbonyl (C=O) groups is 1. The van der Waals surface area contributed by atoms with Gasteiger partial charge in [0.25, 0.3) is 5.91 Å². The van der Waals surface area contributed by atoms with Gasteiger partial charge in [-0.2, -0.15) is 0 Å². The van der Waals surface area contributed by atoms with Crippen LogP contribution in [0.4, 0.5) is 5.69 Å². The molecule has 1 amide bonds. The van der Waals surface area contributed by atoms with Crippen molar-refractivity contribution in [1.29, 1.82) is 0 Å². The van der Waals surface area contributed by atoms with Crippen LogP contribution in [0.25, 0.3) is 0 Å². The first kappa shape index (κ1) is 17.7. The predicted molar refractivity (Wildman–Crippen MR) is 91.8 cm³/mol. The van der Waals surface area contributed by atoms with E-state index in [9.17, 15) is 14.9 Å². The highest BCUT2D eigenvalue weighted by molar-refractivity contribution is 6.30. The lowest BCUT2D eigenvalue weighted by molar-refractivity contribution is -0.385. The Bertz CT molecular complexity index is 732. The van der Waals surface area contributed by atoms with E-state index in [-0.39, 0.29) is 22.9 Å². The quantitative estimate of drug-likeness (QED) is 0.612. The summed E-state index contributed by atoms with van der Waals surface area (Å²) in [6.45, 7) is 2.47. The number of hydrogen-bond donors (Lipinski definition) is 1. The van der Waals surface area contributed by atoms with Crippen LogP contribution in [0, 0.1) is 10.1 Å². The van der Waals surface area contributed by atoms with Gasteiger partial charge in [0.2, 0.25) is 0 Å². The van der Waals surface area contributed by atoms with E-state index in [0.29, 0.717) is 24.6 Å². The number of rotatable bonds is 7. The molecule has 24 heavy (non-hydrogen) atoms. The summed E-state index contributed by atoms with van der Waals surface area (Å²) in [5, 5.41) is 14.5. The van der Waals surface area contributed by atoms with Gasteiger partial charge in [-0.05, 0) is 43.2 Å². The van der Waals surface area contributed by atoms with Crippen LogP contribution in [-0.2, 0) is 6.42 Å². The van der Waals surface area contributed by atoms with Crippen LogP contribution in [0.15, 0.2) is 42.5 Å².